The Balaban J connectivity index is 2.50. The topological polar surface area (TPSA) is 43.6 Å². The van der Waals surface area contributed by atoms with E-state index >= 15 is 0 Å². The maximum absolute atomic E-state index is 6.25. The second kappa shape index (κ2) is 4.31. The average Bonchev–Trinajstić information content (AvgIpc) is 2.63. The van der Waals surface area contributed by atoms with Crippen molar-refractivity contribution < 1.29 is 0 Å². The van der Waals surface area contributed by atoms with Gasteiger partial charge in [0.2, 0.25) is 5.16 Å². The summed E-state index contributed by atoms with van der Waals surface area (Å²) in [4.78, 5) is 0. The Kier molecular flexibility index (Phi) is 3.14. The van der Waals surface area contributed by atoms with Gasteiger partial charge in [0.25, 0.3) is 0 Å². The molecule has 0 N–H and O–H groups in total. The first-order valence-electron chi connectivity index (χ1n) is 5.17. The van der Waals surface area contributed by atoms with Crippen LogP contribution in [0.25, 0.3) is 5.69 Å². The fourth-order valence-corrected chi connectivity index (χ4v) is 1.93. The molecule has 0 bridgehead atoms. The smallest absolute Gasteiger partial charge is 0.186 e. The molecule has 0 unspecified atom stereocenters. The quantitative estimate of drug-likeness (QED) is 0.809. The third kappa shape index (κ3) is 2.45. The van der Waals surface area contributed by atoms with Crippen LogP contribution in [-0.4, -0.2) is 20.2 Å². The molecule has 0 aliphatic heterocycles. The highest BCUT2D eigenvalue weighted by molar-refractivity contribution is 7.80. The van der Waals surface area contributed by atoms with Gasteiger partial charge in [-0.25, -0.2) is 0 Å². The van der Waals surface area contributed by atoms with Gasteiger partial charge in [-0.05, 0) is 33.5 Å². The van der Waals surface area contributed by atoms with Gasteiger partial charge in [0.1, 0.15) is 0 Å². The third-order valence-corrected chi connectivity index (χ3v) is 3.08. The highest BCUT2D eigenvalue weighted by Gasteiger charge is 2.16. The van der Waals surface area contributed by atoms with Crippen molar-refractivity contribution in [1.82, 2.24) is 20.2 Å². The van der Waals surface area contributed by atoms with Crippen LogP contribution < -0.4 is 0 Å². The predicted octanol–water partition coefficient (Wildman–Crippen LogP) is 2.90. The van der Waals surface area contributed by atoms with Crippen LogP contribution in [0.2, 0.25) is 5.02 Å². The number of nitrogens with zero attached hydrogens (tertiary/aromatic N) is 4. The molecule has 4 nitrogen and oxygen atoms in total. The number of benzene rings is 1. The lowest BCUT2D eigenvalue weighted by Crippen LogP contribution is -2.11. The molecule has 0 radical (unpaired) electrons. The summed E-state index contributed by atoms with van der Waals surface area (Å²) >= 11 is 10.4. The van der Waals surface area contributed by atoms with E-state index in [0.29, 0.717) is 10.2 Å². The molecule has 1 heterocycles. The molecule has 0 atom stereocenters. The Morgan fingerprint density at radius 3 is 2.47 bits per heavy atom. The molecule has 0 saturated carbocycles. The van der Waals surface area contributed by atoms with Crippen LogP contribution in [-0.2, 0) is 5.41 Å². The number of hydrogen-bond acceptors (Lipinski definition) is 4. The molecule has 0 saturated heterocycles. The summed E-state index contributed by atoms with van der Waals surface area (Å²) in [6, 6.07) is 5.86. The molecule has 2 aromatic rings. The zero-order valence-corrected chi connectivity index (χ0v) is 11.5. The lowest BCUT2D eigenvalue weighted by Gasteiger charge is -2.19. The monoisotopic (exact) mass is 268 g/mol. The van der Waals surface area contributed by atoms with Gasteiger partial charge in [0.05, 0.1) is 10.7 Å². The van der Waals surface area contributed by atoms with Gasteiger partial charge in [-0.1, -0.05) is 38.4 Å². The van der Waals surface area contributed by atoms with Gasteiger partial charge in [0.15, 0.2) is 0 Å². The summed E-state index contributed by atoms with van der Waals surface area (Å²) in [6.45, 7) is 6.41. The normalized spacial score (nSPS) is 11.8. The Morgan fingerprint density at radius 2 is 2.00 bits per heavy atom. The Morgan fingerprint density at radius 1 is 1.29 bits per heavy atom. The van der Waals surface area contributed by atoms with Crippen LogP contribution in [0, 0.1) is 0 Å². The standard InChI is InChI=1S/C11H13ClN4S/c1-11(2,3)7-4-5-9(8(12)6-7)16-10(17)13-14-15-16/h4-6H,1-3H3,(H,13,15,17). The fourth-order valence-electron chi connectivity index (χ4n) is 1.48. The van der Waals surface area contributed by atoms with E-state index in [-0.39, 0.29) is 5.41 Å². The van der Waals surface area contributed by atoms with Gasteiger partial charge in [-0.15, -0.1) is 17.7 Å². The number of tetrazole rings is 1. The van der Waals surface area contributed by atoms with Crippen LogP contribution in [0.1, 0.15) is 26.3 Å². The number of rotatable bonds is 1. The molecule has 6 heteroatoms. The zero-order chi connectivity index (χ0) is 12.6. The molecule has 0 spiro atoms. The van der Waals surface area contributed by atoms with Crippen LogP contribution in [0.3, 0.4) is 0 Å². The molecule has 17 heavy (non-hydrogen) atoms. The van der Waals surface area contributed by atoms with E-state index in [9.17, 15) is 0 Å². The predicted molar refractivity (Wildman–Crippen MR) is 70.1 cm³/mol. The van der Waals surface area contributed by atoms with Crippen molar-refractivity contribution in [3.63, 3.8) is 0 Å². The first-order valence-corrected chi connectivity index (χ1v) is 6.00. The van der Waals surface area contributed by atoms with E-state index in [1.807, 2.05) is 18.2 Å². The van der Waals surface area contributed by atoms with Crippen LogP contribution >= 0.6 is 24.2 Å². The molecule has 1 aromatic heterocycles. The first-order chi connectivity index (χ1) is 7.89. The zero-order valence-electron chi connectivity index (χ0n) is 9.85. The highest BCUT2D eigenvalue weighted by atomic mass is 35.5. The summed E-state index contributed by atoms with van der Waals surface area (Å²) in [6.07, 6.45) is 0. The molecule has 0 aliphatic rings. The van der Waals surface area contributed by atoms with Gasteiger partial charge >= 0.3 is 0 Å². The highest BCUT2D eigenvalue weighted by Crippen LogP contribution is 2.29. The van der Waals surface area contributed by atoms with Crippen molar-refractivity contribution in [2.75, 3.05) is 0 Å². The van der Waals surface area contributed by atoms with Gasteiger partial charge in [0, 0.05) is 0 Å². The van der Waals surface area contributed by atoms with E-state index < -0.39 is 0 Å². The summed E-state index contributed by atoms with van der Waals surface area (Å²) in [5.74, 6) is 0. The second-order valence-corrected chi connectivity index (χ2v) is 5.61. The molecule has 0 fully saturated rings. The third-order valence-electron chi connectivity index (χ3n) is 2.49. The summed E-state index contributed by atoms with van der Waals surface area (Å²) < 4.78 is 1.50. The SMILES string of the molecule is CC(C)(C)c1ccc(-n2nnnc2S)c(Cl)c1. The Bertz CT molecular complexity index is 545. The average molecular weight is 269 g/mol. The minimum Gasteiger partial charge on any atom is -0.186 e. The molecule has 1 aromatic carbocycles. The van der Waals surface area contributed by atoms with E-state index in [2.05, 4.69) is 48.9 Å². The molecule has 0 aliphatic carbocycles. The number of hydrogen-bond donors (Lipinski definition) is 1. The van der Waals surface area contributed by atoms with Gasteiger partial charge in [-0.2, -0.15) is 4.68 Å². The summed E-state index contributed by atoms with van der Waals surface area (Å²) in [7, 11) is 0. The number of thiol groups is 1. The summed E-state index contributed by atoms with van der Waals surface area (Å²) in [5.41, 5.74) is 1.96. The van der Waals surface area contributed by atoms with Crippen LogP contribution in [0.4, 0.5) is 0 Å². The van der Waals surface area contributed by atoms with Crippen LogP contribution in [0.5, 0.6) is 0 Å². The van der Waals surface area contributed by atoms with Crippen molar-refractivity contribution in [1.29, 1.82) is 0 Å². The lowest BCUT2D eigenvalue weighted by atomic mass is 9.87. The van der Waals surface area contributed by atoms with Crippen molar-refractivity contribution in [2.24, 2.45) is 0 Å². The molecular formula is C11H13ClN4S. The van der Waals surface area contributed by atoms with E-state index in [1.165, 1.54) is 10.2 Å². The van der Waals surface area contributed by atoms with Gasteiger partial charge < -0.3 is 0 Å². The van der Waals surface area contributed by atoms with Crippen molar-refractivity contribution in [3.05, 3.63) is 28.8 Å². The molecule has 0 amide bonds. The van der Waals surface area contributed by atoms with E-state index in [4.69, 9.17) is 11.6 Å². The largest absolute Gasteiger partial charge is 0.211 e. The number of halogens is 1. The molecular weight excluding hydrogens is 256 g/mol. The van der Waals surface area contributed by atoms with E-state index in [1.54, 1.807) is 0 Å². The lowest BCUT2D eigenvalue weighted by molar-refractivity contribution is 0.590. The van der Waals surface area contributed by atoms with E-state index in [0.717, 1.165) is 5.69 Å². The maximum Gasteiger partial charge on any atom is 0.211 e. The maximum atomic E-state index is 6.25. The number of aromatic nitrogens is 4. The Labute approximate surface area is 110 Å². The minimum atomic E-state index is 0.0621. The van der Waals surface area contributed by atoms with Crippen molar-refractivity contribution >= 4 is 24.2 Å². The minimum absolute atomic E-state index is 0.0621. The first kappa shape index (κ1) is 12.4. The molecule has 90 valence electrons. The van der Waals surface area contributed by atoms with Crippen molar-refractivity contribution in [3.8, 4) is 5.69 Å². The van der Waals surface area contributed by atoms with Gasteiger partial charge in [-0.3, -0.25) is 0 Å². The molecule has 2 rings (SSSR count). The van der Waals surface area contributed by atoms with Crippen LogP contribution in [0.15, 0.2) is 23.4 Å². The van der Waals surface area contributed by atoms with Crippen molar-refractivity contribution in [2.45, 2.75) is 31.3 Å². The Hall–Kier alpha value is -1.07. The summed E-state index contributed by atoms with van der Waals surface area (Å²) in [5, 5.41) is 12.1. The second-order valence-electron chi connectivity index (χ2n) is 4.81. The fraction of sp³-hybridized carbons (Fsp3) is 0.364.